The highest BCUT2D eigenvalue weighted by molar-refractivity contribution is 5.26. The summed E-state index contributed by atoms with van der Waals surface area (Å²) < 4.78 is 0. The van der Waals surface area contributed by atoms with E-state index >= 15 is 0 Å². The predicted octanol–water partition coefficient (Wildman–Crippen LogP) is 7.14. The molecule has 0 aromatic heterocycles. The molecule has 3 saturated carbocycles. The fraction of sp³-hybridized carbons (Fsp3) is 0.931. The fourth-order valence-corrected chi connectivity index (χ4v) is 8.79. The molecular formula is C29H50O2. The van der Waals surface area contributed by atoms with Crippen molar-refractivity contribution in [2.24, 2.45) is 46.3 Å². The molecule has 0 heterocycles. The lowest BCUT2D eigenvalue weighted by Crippen LogP contribution is -2.52. The Labute approximate surface area is 192 Å². The smallest absolute Gasteiger partial charge is 0.0657 e. The average Bonchev–Trinajstić information content (AvgIpc) is 3.04. The summed E-state index contributed by atoms with van der Waals surface area (Å²) in [5.41, 5.74) is 1.35. The van der Waals surface area contributed by atoms with Gasteiger partial charge < -0.3 is 10.2 Å². The molecule has 178 valence electrons. The van der Waals surface area contributed by atoms with Crippen molar-refractivity contribution in [2.45, 2.75) is 124 Å². The van der Waals surface area contributed by atoms with E-state index in [4.69, 9.17) is 0 Å². The Morgan fingerprint density at radius 1 is 1.03 bits per heavy atom. The quantitative estimate of drug-likeness (QED) is 0.455. The summed E-state index contributed by atoms with van der Waals surface area (Å²) in [6, 6.07) is 0. The molecule has 4 rings (SSSR count). The molecule has 31 heavy (non-hydrogen) atoms. The molecule has 0 aromatic carbocycles. The van der Waals surface area contributed by atoms with Gasteiger partial charge in [-0.3, -0.25) is 0 Å². The molecule has 1 unspecified atom stereocenters. The molecule has 2 N–H and O–H groups in total. The summed E-state index contributed by atoms with van der Waals surface area (Å²) in [4.78, 5) is 0. The molecule has 0 spiro atoms. The number of hydrogen-bond acceptors (Lipinski definition) is 2. The topological polar surface area (TPSA) is 40.5 Å². The highest BCUT2D eigenvalue weighted by Crippen LogP contribution is 2.67. The number of fused-ring (bicyclic) bond motifs is 5. The van der Waals surface area contributed by atoms with Crippen molar-refractivity contribution < 1.29 is 10.2 Å². The molecule has 0 radical (unpaired) electrons. The van der Waals surface area contributed by atoms with Gasteiger partial charge in [-0.1, -0.05) is 46.3 Å². The molecule has 0 amide bonds. The molecule has 2 nitrogen and oxygen atoms in total. The molecule has 3 fully saturated rings. The maximum absolute atomic E-state index is 10.8. The van der Waals surface area contributed by atoms with E-state index in [1.807, 2.05) is 13.8 Å². The lowest BCUT2D eigenvalue weighted by Gasteiger charge is -2.59. The largest absolute Gasteiger partial charge is 0.390 e. The van der Waals surface area contributed by atoms with Crippen LogP contribution in [0.5, 0.6) is 0 Å². The molecule has 0 aromatic rings. The minimum Gasteiger partial charge on any atom is -0.390 e. The lowest BCUT2D eigenvalue weighted by molar-refractivity contribution is -0.0721. The van der Waals surface area contributed by atoms with E-state index in [2.05, 4.69) is 40.7 Å². The van der Waals surface area contributed by atoms with Gasteiger partial charge in [0.2, 0.25) is 0 Å². The Balaban J connectivity index is 1.49. The Bertz CT molecular complexity index is 704. The van der Waals surface area contributed by atoms with E-state index < -0.39 is 11.2 Å². The van der Waals surface area contributed by atoms with Crippen LogP contribution in [0.3, 0.4) is 0 Å². The first-order valence-electron chi connectivity index (χ1n) is 13.4. The molecule has 9 atom stereocenters. The third-order valence-electron chi connectivity index (χ3n) is 11.5. The van der Waals surface area contributed by atoms with Gasteiger partial charge in [0.15, 0.2) is 0 Å². The fourth-order valence-electron chi connectivity index (χ4n) is 8.79. The van der Waals surface area contributed by atoms with Crippen LogP contribution in [-0.4, -0.2) is 21.4 Å². The minimum absolute atomic E-state index is 0.322. The number of aliphatic hydroxyl groups is 2. The van der Waals surface area contributed by atoms with Crippen molar-refractivity contribution in [2.75, 3.05) is 0 Å². The zero-order chi connectivity index (χ0) is 22.8. The first kappa shape index (κ1) is 23.8. The van der Waals surface area contributed by atoms with E-state index in [-0.39, 0.29) is 0 Å². The van der Waals surface area contributed by atoms with Crippen LogP contribution in [-0.2, 0) is 0 Å². The van der Waals surface area contributed by atoms with Crippen LogP contribution < -0.4 is 0 Å². The molecule has 4 aliphatic carbocycles. The van der Waals surface area contributed by atoms with Crippen LogP contribution >= 0.6 is 0 Å². The highest BCUT2D eigenvalue weighted by Gasteiger charge is 2.59. The monoisotopic (exact) mass is 430 g/mol. The molecule has 4 aliphatic rings. The van der Waals surface area contributed by atoms with Gasteiger partial charge in [-0.25, -0.2) is 0 Å². The minimum atomic E-state index is -0.536. The molecular weight excluding hydrogens is 380 g/mol. The van der Waals surface area contributed by atoms with Gasteiger partial charge in [0.25, 0.3) is 0 Å². The van der Waals surface area contributed by atoms with Gasteiger partial charge >= 0.3 is 0 Å². The summed E-state index contributed by atoms with van der Waals surface area (Å²) in [7, 11) is 0. The van der Waals surface area contributed by atoms with Crippen molar-refractivity contribution in [1.29, 1.82) is 0 Å². The zero-order valence-electron chi connectivity index (χ0n) is 21.5. The Kier molecular flexibility index (Phi) is 6.04. The maximum Gasteiger partial charge on any atom is 0.0657 e. The normalized spacial score (nSPS) is 47.7. The van der Waals surface area contributed by atoms with E-state index in [0.29, 0.717) is 22.7 Å². The van der Waals surface area contributed by atoms with Crippen LogP contribution in [0.15, 0.2) is 11.6 Å². The van der Waals surface area contributed by atoms with Gasteiger partial charge in [0, 0.05) is 0 Å². The number of allylic oxidation sites excluding steroid dienone is 1. The second-order valence-corrected chi connectivity index (χ2v) is 13.7. The summed E-state index contributed by atoms with van der Waals surface area (Å²) in [6.07, 6.45) is 14.5. The van der Waals surface area contributed by atoms with Gasteiger partial charge in [0.1, 0.15) is 0 Å². The number of rotatable bonds is 5. The summed E-state index contributed by atoms with van der Waals surface area (Å²) in [5, 5.41) is 21.5. The van der Waals surface area contributed by atoms with Gasteiger partial charge in [-0.05, 0) is 124 Å². The van der Waals surface area contributed by atoms with Crippen LogP contribution in [0.4, 0.5) is 0 Å². The third kappa shape index (κ3) is 3.96. The van der Waals surface area contributed by atoms with E-state index in [9.17, 15) is 10.2 Å². The average molecular weight is 431 g/mol. The Morgan fingerprint density at radius 2 is 1.74 bits per heavy atom. The van der Waals surface area contributed by atoms with Crippen molar-refractivity contribution in [3.8, 4) is 0 Å². The number of hydrogen-bond donors (Lipinski definition) is 2. The van der Waals surface area contributed by atoms with Crippen LogP contribution in [0, 0.1) is 46.3 Å². The maximum atomic E-state index is 10.8. The lowest BCUT2D eigenvalue weighted by atomic mass is 9.46. The predicted molar refractivity (Wildman–Crippen MR) is 130 cm³/mol. The van der Waals surface area contributed by atoms with Crippen molar-refractivity contribution in [3.63, 3.8) is 0 Å². The van der Waals surface area contributed by atoms with E-state index in [1.165, 1.54) is 38.5 Å². The van der Waals surface area contributed by atoms with Gasteiger partial charge in [-0.2, -0.15) is 0 Å². The van der Waals surface area contributed by atoms with Crippen LogP contribution in [0.2, 0.25) is 0 Å². The van der Waals surface area contributed by atoms with Crippen molar-refractivity contribution in [1.82, 2.24) is 0 Å². The van der Waals surface area contributed by atoms with Gasteiger partial charge in [0.05, 0.1) is 11.2 Å². The zero-order valence-corrected chi connectivity index (χ0v) is 21.5. The molecule has 0 bridgehead atoms. The van der Waals surface area contributed by atoms with E-state index in [0.717, 1.165) is 49.4 Å². The Hall–Kier alpha value is -0.340. The van der Waals surface area contributed by atoms with Gasteiger partial charge in [-0.15, -0.1) is 0 Å². The Morgan fingerprint density at radius 3 is 2.42 bits per heavy atom. The van der Waals surface area contributed by atoms with Crippen LogP contribution in [0.25, 0.3) is 0 Å². The van der Waals surface area contributed by atoms with Crippen molar-refractivity contribution >= 4 is 0 Å². The second kappa shape index (κ2) is 7.86. The molecule has 0 saturated heterocycles. The van der Waals surface area contributed by atoms with Crippen molar-refractivity contribution in [3.05, 3.63) is 11.6 Å². The van der Waals surface area contributed by atoms with E-state index in [1.54, 1.807) is 5.57 Å². The second-order valence-electron chi connectivity index (χ2n) is 13.7. The highest BCUT2D eigenvalue weighted by atomic mass is 16.3. The molecule has 2 heteroatoms. The third-order valence-corrected chi connectivity index (χ3v) is 11.5. The van der Waals surface area contributed by atoms with Crippen LogP contribution in [0.1, 0.15) is 113 Å². The summed E-state index contributed by atoms with van der Waals surface area (Å²) in [6.45, 7) is 16.0. The first-order chi connectivity index (χ1) is 14.3. The SMILES string of the molecule is CC(C)[C@](C)(O)CC[C@@H](C)[C@H]1CCC2[C@@H]3CC=C4C[C@@](C)(O)CC[C@]4(C)[C@H]3CC[C@@]21C. The summed E-state index contributed by atoms with van der Waals surface area (Å²) >= 11 is 0. The summed E-state index contributed by atoms with van der Waals surface area (Å²) in [5.74, 6) is 4.35. The standard InChI is InChI=1S/C29H50O2/c1-19(2)29(7,31)15-12-20(3)23-10-11-24-22-9-8-21-18-26(4,30)16-17-27(21,5)25(22)13-14-28(23,24)6/h8,19-20,22-25,30-31H,9-18H2,1-7H3/t20-,22+,23-,24?,25+,26+,27+,28-,29-/m1/s1. The first-order valence-corrected chi connectivity index (χ1v) is 13.4. The molecule has 0 aliphatic heterocycles.